The molecule has 0 aromatic heterocycles. The Morgan fingerprint density at radius 2 is 0.939 bits per heavy atom. The van der Waals surface area contributed by atoms with E-state index in [1.165, 1.54) is 55.6 Å². The number of ether oxygens (including phenoxy) is 1. The average Bonchev–Trinajstić information content (AvgIpc) is 3.32. The van der Waals surface area contributed by atoms with Crippen molar-refractivity contribution in [2.24, 2.45) is 0 Å². The molecule has 0 aliphatic carbocycles. The van der Waals surface area contributed by atoms with Crippen LogP contribution in [0.5, 0.6) is 23.0 Å². The zero-order valence-corrected chi connectivity index (χ0v) is 36.3. The molecule has 7 aromatic carbocycles. The van der Waals surface area contributed by atoms with E-state index in [9.17, 15) is 29.7 Å². The number of carbonyl (C=O) groups excluding carboxylic acids is 3. The summed E-state index contributed by atoms with van der Waals surface area (Å²) in [4.78, 5) is 36.0. The Balaban J connectivity index is 0.000000187. The number of nitriles is 3. The van der Waals surface area contributed by atoms with E-state index in [1.54, 1.807) is 54.6 Å². The fourth-order valence-electron chi connectivity index (χ4n) is 5.75. The van der Waals surface area contributed by atoms with Gasteiger partial charge in [-0.2, -0.15) is 15.8 Å². The first-order valence-electron chi connectivity index (χ1n) is 19.4. The third-order valence-electron chi connectivity index (χ3n) is 8.89. The predicted molar refractivity (Wildman–Crippen MR) is 255 cm³/mol. The van der Waals surface area contributed by atoms with Crippen molar-refractivity contribution < 1.29 is 34.4 Å². The third kappa shape index (κ3) is 13.5. The van der Waals surface area contributed by atoms with Crippen LogP contribution in [-0.2, 0) is 0 Å². The molecule has 0 radical (unpaired) electrons. The normalized spacial score (nSPS) is 9.68. The second kappa shape index (κ2) is 23.6. The molecule has 0 aliphatic heterocycles. The van der Waals surface area contributed by atoms with Gasteiger partial charge in [-0.25, -0.2) is 14.4 Å². The Labute approximate surface area is 387 Å². The quantitative estimate of drug-likeness (QED) is 0.0650. The van der Waals surface area contributed by atoms with Crippen molar-refractivity contribution in [3.63, 3.8) is 0 Å². The number of amides is 6. The summed E-state index contributed by atoms with van der Waals surface area (Å²) in [5.74, 6) is -0.0660. The molecule has 0 aliphatic rings. The molecule has 7 rings (SSSR count). The summed E-state index contributed by atoms with van der Waals surface area (Å²) in [7, 11) is 1.50. The SMILES string of the molecule is COc1ccccc1NC(=O)Nc1ccc(C#N)cc1O.N#Cc1ccc(NC(=O)Nc2ccccc2-c2ccccc2)c(O)c1.N#Cc1cccc(NC(=O)Nc2ccccc2Br)c1O. The summed E-state index contributed by atoms with van der Waals surface area (Å²) in [6, 6.07) is 48.5. The van der Waals surface area contributed by atoms with Crippen LogP contribution < -0.4 is 36.6 Å². The first-order chi connectivity index (χ1) is 31.9. The lowest BCUT2D eigenvalue weighted by Gasteiger charge is -2.13. The Hall–Kier alpha value is -9.50. The number of aromatic hydroxyl groups is 3. The number of phenolic OH excluding ortho intramolecular Hbond substituents is 3. The van der Waals surface area contributed by atoms with Crippen molar-refractivity contribution in [2.75, 3.05) is 39.0 Å². The summed E-state index contributed by atoms with van der Waals surface area (Å²) in [6.45, 7) is 0. The van der Waals surface area contributed by atoms with Crippen LogP contribution in [0.3, 0.4) is 0 Å². The average molecular weight is 945 g/mol. The zero-order chi connectivity index (χ0) is 47.4. The molecule has 0 fully saturated rings. The number of hydrogen-bond acceptors (Lipinski definition) is 10. The highest BCUT2D eigenvalue weighted by Gasteiger charge is 2.13. The minimum absolute atomic E-state index is 0.101. The van der Waals surface area contributed by atoms with E-state index in [2.05, 4.69) is 47.8 Å². The molecule has 0 saturated carbocycles. The van der Waals surface area contributed by atoms with E-state index in [0.29, 0.717) is 33.9 Å². The largest absolute Gasteiger partial charge is 0.506 e. The lowest BCUT2D eigenvalue weighted by molar-refractivity contribution is 0.261. The Morgan fingerprint density at radius 1 is 0.485 bits per heavy atom. The van der Waals surface area contributed by atoms with Gasteiger partial charge in [0.15, 0.2) is 5.75 Å². The molecule has 0 heterocycles. The molecule has 0 atom stereocenters. The molecule has 0 unspecified atom stereocenters. The second-order valence-electron chi connectivity index (χ2n) is 13.3. The van der Waals surface area contributed by atoms with Gasteiger partial charge in [0.05, 0.1) is 70.1 Å². The Kier molecular flexibility index (Phi) is 17.0. The monoisotopic (exact) mass is 943 g/mol. The van der Waals surface area contributed by atoms with E-state index >= 15 is 0 Å². The van der Waals surface area contributed by atoms with Crippen LogP contribution in [0.2, 0.25) is 0 Å². The van der Waals surface area contributed by atoms with Crippen molar-refractivity contribution in [1.29, 1.82) is 15.8 Å². The molecule has 6 amide bonds. The van der Waals surface area contributed by atoms with Crippen LogP contribution in [0.1, 0.15) is 16.7 Å². The number of para-hydroxylation sites is 5. The van der Waals surface area contributed by atoms with Crippen molar-refractivity contribution in [1.82, 2.24) is 0 Å². The van der Waals surface area contributed by atoms with Crippen molar-refractivity contribution in [3.8, 4) is 52.3 Å². The summed E-state index contributed by atoms with van der Waals surface area (Å²) in [5.41, 5.74) is 4.97. The fourth-order valence-corrected chi connectivity index (χ4v) is 6.13. The minimum Gasteiger partial charge on any atom is -0.506 e. The third-order valence-corrected chi connectivity index (χ3v) is 9.58. The van der Waals surface area contributed by atoms with Crippen LogP contribution in [-0.4, -0.2) is 40.5 Å². The number of halogens is 1. The van der Waals surface area contributed by atoms with E-state index in [-0.39, 0.29) is 39.9 Å². The van der Waals surface area contributed by atoms with Gasteiger partial charge in [0.2, 0.25) is 0 Å². The van der Waals surface area contributed by atoms with Gasteiger partial charge in [-0.3, -0.25) is 0 Å². The van der Waals surface area contributed by atoms with Gasteiger partial charge < -0.3 is 52.0 Å². The molecule has 328 valence electrons. The van der Waals surface area contributed by atoms with E-state index in [4.69, 9.17) is 20.5 Å². The number of benzene rings is 7. The number of nitrogens with zero attached hydrogens (tertiary/aromatic N) is 3. The molecule has 0 spiro atoms. The number of carbonyl (C=O) groups is 3. The number of rotatable bonds is 8. The van der Waals surface area contributed by atoms with Gasteiger partial charge in [0.25, 0.3) is 0 Å². The Bertz CT molecular complexity index is 2980. The van der Waals surface area contributed by atoms with Gasteiger partial charge in [-0.1, -0.05) is 78.9 Å². The Morgan fingerprint density at radius 3 is 1.48 bits per heavy atom. The highest BCUT2D eigenvalue weighted by molar-refractivity contribution is 9.10. The minimum atomic E-state index is -0.528. The number of urea groups is 3. The van der Waals surface area contributed by atoms with Crippen molar-refractivity contribution in [2.45, 2.75) is 0 Å². The molecule has 0 saturated heterocycles. The first-order valence-corrected chi connectivity index (χ1v) is 20.2. The molecule has 16 nitrogen and oxygen atoms in total. The molecular formula is C49H38BrN9O7. The van der Waals surface area contributed by atoms with Crippen LogP contribution in [0.25, 0.3) is 11.1 Å². The maximum atomic E-state index is 12.3. The topological polar surface area (TPSA) is 265 Å². The number of phenols is 3. The van der Waals surface area contributed by atoms with Gasteiger partial charge in [0.1, 0.15) is 23.3 Å². The van der Waals surface area contributed by atoms with Gasteiger partial charge >= 0.3 is 18.1 Å². The van der Waals surface area contributed by atoms with Crippen LogP contribution in [0.15, 0.2) is 162 Å². The van der Waals surface area contributed by atoms with Gasteiger partial charge in [0, 0.05) is 10.0 Å². The van der Waals surface area contributed by atoms with Crippen molar-refractivity contribution >= 4 is 68.1 Å². The van der Waals surface area contributed by atoms with Gasteiger partial charge in [-0.05, 0) is 100 Å². The summed E-state index contributed by atoms with van der Waals surface area (Å²) in [6.07, 6.45) is 0. The molecule has 17 heteroatoms. The summed E-state index contributed by atoms with van der Waals surface area (Å²) in [5, 5.41) is 71.3. The second-order valence-corrected chi connectivity index (χ2v) is 14.2. The highest BCUT2D eigenvalue weighted by atomic mass is 79.9. The smallest absolute Gasteiger partial charge is 0.323 e. The standard InChI is InChI=1S/C20H15N3O2.C15H13N3O3.C14H10BrN3O2/c21-13-14-10-11-18(19(24)12-14)23-20(25)22-17-9-5-4-8-16(17)15-6-2-1-3-7-15;1-21-14-5-3-2-4-12(14)18-15(20)17-11-7-6-10(9-16)8-13(11)19;15-10-5-1-2-6-11(10)17-14(20)18-12-7-3-4-9(8-16)13(12)19/h1-12,24H,(H2,22,23,25);2-8,19H,1H3,(H2,17,18,20);1-7,19H,(H2,17,18,20). The number of nitrogens with one attached hydrogen (secondary N) is 6. The van der Waals surface area contributed by atoms with Crippen LogP contribution >= 0.6 is 15.9 Å². The van der Waals surface area contributed by atoms with Crippen molar-refractivity contribution in [3.05, 3.63) is 179 Å². The number of anilines is 6. The zero-order valence-electron chi connectivity index (χ0n) is 34.7. The molecule has 66 heavy (non-hydrogen) atoms. The molecule has 9 N–H and O–H groups in total. The number of methoxy groups -OCH3 is 1. The maximum Gasteiger partial charge on any atom is 0.323 e. The molecule has 7 aromatic rings. The van der Waals surface area contributed by atoms with Gasteiger partial charge in [-0.15, -0.1) is 0 Å². The van der Waals surface area contributed by atoms with Crippen LogP contribution in [0.4, 0.5) is 48.5 Å². The summed E-state index contributed by atoms with van der Waals surface area (Å²) >= 11 is 3.31. The molecular weight excluding hydrogens is 906 g/mol. The van der Waals surface area contributed by atoms with E-state index < -0.39 is 18.1 Å². The lowest BCUT2D eigenvalue weighted by Crippen LogP contribution is -2.19. The summed E-state index contributed by atoms with van der Waals surface area (Å²) < 4.78 is 5.86. The lowest BCUT2D eigenvalue weighted by atomic mass is 10.0. The van der Waals surface area contributed by atoms with E-state index in [1.807, 2.05) is 72.8 Å². The highest BCUT2D eigenvalue weighted by Crippen LogP contribution is 2.31. The predicted octanol–water partition coefficient (Wildman–Crippen LogP) is 11.2. The molecule has 0 bridgehead atoms. The van der Waals surface area contributed by atoms with E-state index in [0.717, 1.165) is 15.6 Å². The fraction of sp³-hybridized carbons (Fsp3) is 0.0204. The maximum absolute atomic E-state index is 12.3. The number of hydrogen-bond donors (Lipinski definition) is 9. The first kappa shape index (κ1) is 47.5. The van der Waals surface area contributed by atoms with Crippen LogP contribution in [0, 0.1) is 34.0 Å².